The lowest BCUT2D eigenvalue weighted by atomic mass is 9.64. The van der Waals surface area contributed by atoms with E-state index in [9.17, 15) is 18.8 Å². The topological polar surface area (TPSA) is 67.3 Å². The molecule has 1 spiro atoms. The van der Waals surface area contributed by atoms with Gasteiger partial charge in [-0.15, -0.1) is 0 Å². The molecular weight excluding hydrogens is 515 g/mol. The van der Waals surface area contributed by atoms with Crippen molar-refractivity contribution in [3.05, 3.63) is 136 Å². The van der Waals surface area contributed by atoms with Crippen LogP contribution in [0.25, 0.3) is 6.08 Å². The first-order valence-corrected chi connectivity index (χ1v) is 13.0. The number of benzene rings is 3. The van der Waals surface area contributed by atoms with Crippen molar-refractivity contribution in [1.29, 1.82) is 0 Å². The SMILES string of the molecule is O=C(c1ccccc1Cl)C1C(c2cccnc2)C2(C(=O)c3ccccc3C2=O)C2C=Cc3cc(F)ccc3N12. The van der Waals surface area contributed by atoms with Crippen molar-refractivity contribution in [2.24, 2.45) is 5.41 Å². The summed E-state index contributed by atoms with van der Waals surface area (Å²) in [7, 11) is 0. The predicted octanol–water partition coefficient (Wildman–Crippen LogP) is 6.19. The zero-order valence-corrected chi connectivity index (χ0v) is 21.2. The largest absolute Gasteiger partial charge is 0.352 e. The molecule has 39 heavy (non-hydrogen) atoms. The minimum Gasteiger partial charge on any atom is -0.352 e. The zero-order valence-electron chi connectivity index (χ0n) is 20.4. The maximum Gasteiger partial charge on any atom is 0.187 e. The molecule has 0 bridgehead atoms. The number of aromatic nitrogens is 1. The first-order valence-electron chi connectivity index (χ1n) is 12.6. The summed E-state index contributed by atoms with van der Waals surface area (Å²) in [6.07, 6.45) is 6.70. The van der Waals surface area contributed by atoms with Crippen molar-refractivity contribution < 1.29 is 18.8 Å². The van der Waals surface area contributed by atoms with Crippen molar-refractivity contribution in [3.63, 3.8) is 0 Å². The lowest BCUT2D eigenvalue weighted by molar-refractivity contribution is 0.0666. The van der Waals surface area contributed by atoms with Gasteiger partial charge in [-0.05, 0) is 42.0 Å². The molecule has 0 N–H and O–H groups in total. The van der Waals surface area contributed by atoms with Gasteiger partial charge in [0.25, 0.3) is 0 Å². The van der Waals surface area contributed by atoms with E-state index >= 15 is 0 Å². The average molecular weight is 535 g/mol. The quantitative estimate of drug-likeness (QED) is 0.231. The Morgan fingerprint density at radius 1 is 0.923 bits per heavy atom. The Balaban J connectivity index is 1.56. The van der Waals surface area contributed by atoms with Gasteiger partial charge in [0.1, 0.15) is 17.3 Å². The van der Waals surface area contributed by atoms with Crippen molar-refractivity contribution in [1.82, 2.24) is 4.98 Å². The summed E-state index contributed by atoms with van der Waals surface area (Å²) in [5.74, 6) is -2.33. The molecule has 4 aromatic rings. The van der Waals surface area contributed by atoms with E-state index in [0.717, 1.165) is 0 Å². The summed E-state index contributed by atoms with van der Waals surface area (Å²) >= 11 is 6.52. The van der Waals surface area contributed by atoms with Crippen molar-refractivity contribution in [2.45, 2.75) is 18.0 Å². The number of hydrogen-bond acceptors (Lipinski definition) is 5. The molecule has 3 aromatic carbocycles. The van der Waals surface area contributed by atoms with E-state index in [-0.39, 0.29) is 27.9 Å². The number of halogens is 2. The maximum absolute atomic E-state index is 14.5. The number of fused-ring (bicyclic) bond motifs is 5. The monoisotopic (exact) mass is 534 g/mol. The molecule has 5 nitrogen and oxygen atoms in total. The van der Waals surface area contributed by atoms with Gasteiger partial charge in [-0.3, -0.25) is 19.4 Å². The van der Waals surface area contributed by atoms with Crippen LogP contribution in [0, 0.1) is 11.2 Å². The highest BCUT2D eigenvalue weighted by Gasteiger charge is 2.71. The van der Waals surface area contributed by atoms with Crippen LogP contribution < -0.4 is 4.90 Å². The summed E-state index contributed by atoms with van der Waals surface area (Å²) in [6.45, 7) is 0. The van der Waals surface area contributed by atoms with Crippen LogP contribution in [-0.4, -0.2) is 34.4 Å². The summed E-state index contributed by atoms with van der Waals surface area (Å²) < 4.78 is 14.3. The number of nitrogens with zero attached hydrogens (tertiary/aromatic N) is 2. The van der Waals surface area contributed by atoms with Gasteiger partial charge < -0.3 is 4.90 Å². The number of Topliss-reactive ketones (excluding diaryl/α,β-unsaturated/α-hetero) is 3. The van der Waals surface area contributed by atoms with E-state index in [1.165, 1.54) is 12.1 Å². The molecule has 3 atom stereocenters. The maximum atomic E-state index is 14.5. The second kappa shape index (κ2) is 8.55. The highest BCUT2D eigenvalue weighted by molar-refractivity contribution is 6.35. The lowest BCUT2D eigenvalue weighted by Crippen LogP contribution is -2.48. The molecule has 7 heteroatoms. The van der Waals surface area contributed by atoms with E-state index < -0.39 is 29.2 Å². The zero-order chi connectivity index (χ0) is 26.9. The molecule has 2 aliphatic heterocycles. The molecule has 190 valence electrons. The number of anilines is 1. The van der Waals surface area contributed by atoms with Crippen LogP contribution in [0.3, 0.4) is 0 Å². The van der Waals surface area contributed by atoms with Crippen LogP contribution in [0.5, 0.6) is 0 Å². The van der Waals surface area contributed by atoms with E-state index in [2.05, 4.69) is 4.98 Å². The second-order valence-electron chi connectivity index (χ2n) is 10.0. The Bertz CT molecular complexity index is 1700. The van der Waals surface area contributed by atoms with Gasteiger partial charge in [-0.1, -0.05) is 66.2 Å². The number of pyridine rings is 1. The standard InChI is InChI=1S/C32H20ClFN2O3/c33-24-10-4-3-9-23(24)29(37)28-27(19-6-5-15-35-17-19)32(30(38)21-7-1-2-8-22(21)31(32)39)26-14-11-18-16-20(34)12-13-25(18)36(26)28/h1-17,26-28H. The first-order chi connectivity index (χ1) is 18.9. The normalized spacial score (nSPS) is 22.1. The molecule has 1 aromatic heterocycles. The highest BCUT2D eigenvalue weighted by Crippen LogP contribution is 2.61. The highest BCUT2D eigenvalue weighted by atomic mass is 35.5. The molecule has 1 aliphatic carbocycles. The van der Waals surface area contributed by atoms with Crippen molar-refractivity contribution in [3.8, 4) is 0 Å². The van der Waals surface area contributed by atoms with E-state index in [0.29, 0.717) is 27.9 Å². The Morgan fingerprint density at radius 2 is 1.64 bits per heavy atom. The Kier molecular flexibility index (Phi) is 5.19. The van der Waals surface area contributed by atoms with Crippen LogP contribution >= 0.6 is 11.6 Å². The molecule has 7 rings (SSSR count). The predicted molar refractivity (Wildman–Crippen MR) is 146 cm³/mol. The third-order valence-electron chi connectivity index (χ3n) is 8.22. The fourth-order valence-corrected chi connectivity index (χ4v) is 6.93. The fourth-order valence-electron chi connectivity index (χ4n) is 6.70. The van der Waals surface area contributed by atoms with Gasteiger partial charge in [0.15, 0.2) is 17.3 Å². The molecule has 1 fully saturated rings. The molecule has 3 aliphatic rings. The van der Waals surface area contributed by atoms with Crippen LogP contribution in [0.15, 0.2) is 97.3 Å². The molecule has 0 saturated carbocycles. The van der Waals surface area contributed by atoms with E-state index in [4.69, 9.17) is 11.6 Å². The van der Waals surface area contributed by atoms with Gasteiger partial charge in [0.2, 0.25) is 0 Å². The van der Waals surface area contributed by atoms with Gasteiger partial charge >= 0.3 is 0 Å². The minimum atomic E-state index is -1.64. The fraction of sp³-hybridized carbons (Fsp3) is 0.125. The van der Waals surface area contributed by atoms with Crippen LogP contribution in [-0.2, 0) is 0 Å². The number of hydrogen-bond donors (Lipinski definition) is 0. The van der Waals surface area contributed by atoms with Gasteiger partial charge in [0.05, 0.1) is 11.1 Å². The average Bonchev–Trinajstić information content (AvgIpc) is 3.39. The second-order valence-corrected chi connectivity index (χ2v) is 10.4. The van der Waals surface area contributed by atoms with Gasteiger partial charge in [0, 0.05) is 46.3 Å². The molecule has 3 heterocycles. The third-order valence-corrected chi connectivity index (χ3v) is 8.55. The van der Waals surface area contributed by atoms with Crippen LogP contribution in [0.1, 0.15) is 48.1 Å². The van der Waals surface area contributed by atoms with Crippen molar-refractivity contribution in [2.75, 3.05) is 4.90 Å². The minimum absolute atomic E-state index is 0.268. The number of rotatable bonds is 3. The molecule has 0 amide bonds. The molecule has 0 radical (unpaired) electrons. The van der Waals surface area contributed by atoms with E-state index in [1.54, 1.807) is 91.3 Å². The Labute approximate surface area is 228 Å². The number of carbonyl (C=O) groups is 3. The molecule has 1 saturated heterocycles. The smallest absolute Gasteiger partial charge is 0.187 e. The van der Waals surface area contributed by atoms with Crippen LogP contribution in [0.4, 0.5) is 10.1 Å². The first kappa shape index (κ1) is 23.7. The summed E-state index contributed by atoms with van der Waals surface area (Å²) in [6, 6.07) is 19.6. The molecular formula is C32H20ClFN2O3. The summed E-state index contributed by atoms with van der Waals surface area (Å²) in [4.78, 5) is 49.7. The lowest BCUT2D eigenvalue weighted by Gasteiger charge is -2.37. The van der Waals surface area contributed by atoms with Gasteiger partial charge in [-0.2, -0.15) is 0 Å². The van der Waals surface area contributed by atoms with Crippen molar-refractivity contribution >= 4 is 40.7 Å². The van der Waals surface area contributed by atoms with Gasteiger partial charge in [-0.25, -0.2) is 4.39 Å². The molecule has 3 unspecified atom stereocenters. The summed E-state index contributed by atoms with van der Waals surface area (Å²) in [5, 5.41) is 0.268. The summed E-state index contributed by atoms with van der Waals surface area (Å²) in [5.41, 5.74) is 1.02. The third kappa shape index (κ3) is 3.12. The number of ketones is 3. The Morgan fingerprint density at radius 3 is 2.33 bits per heavy atom. The van der Waals surface area contributed by atoms with Crippen LogP contribution in [0.2, 0.25) is 5.02 Å². The number of carbonyl (C=O) groups excluding carboxylic acids is 3. The van der Waals surface area contributed by atoms with E-state index in [1.807, 2.05) is 4.90 Å². The Hall–Kier alpha value is -4.42.